The van der Waals surface area contributed by atoms with Crippen LogP contribution in [-0.4, -0.2) is 23.8 Å². The molecule has 0 fully saturated rings. The zero-order valence-corrected chi connectivity index (χ0v) is 18.6. The van der Waals surface area contributed by atoms with E-state index in [-0.39, 0.29) is 18.0 Å². The summed E-state index contributed by atoms with van der Waals surface area (Å²) in [5.41, 5.74) is 0. The number of carbonyl (C=O) groups excluding carboxylic acids is 1. The molecule has 0 aromatic rings. The van der Waals surface area contributed by atoms with Crippen molar-refractivity contribution in [2.45, 2.75) is 136 Å². The molecular formula is C24H48O3. The summed E-state index contributed by atoms with van der Waals surface area (Å²) in [7, 11) is 0. The van der Waals surface area contributed by atoms with Crippen LogP contribution in [-0.2, 0) is 9.53 Å². The summed E-state index contributed by atoms with van der Waals surface area (Å²) < 4.78 is 5.32. The van der Waals surface area contributed by atoms with Crippen molar-refractivity contribution in [3.05, 3.63) is 0 Å². The van der Waals surface area contributed by atoms with Crippen molar-refractivity contribution in [1.82, 2.24) is 0 Å². The topological polar surface area (TPSA) is 46.5 Å². The molecule has 0 aliphatic heterocycles. The lowest BCUT2D eigenvalue weighted by molar-refractivity contribution is -0.148. The first-order valence-electron chi connectivity index (χ1n) is 12.0. The molecule has 0 radical (unpaired) electrons. The van der Waals surface area contributed by atoms with Gasteiger partial charge in [-0.15, -0.1) is 0 Å². The van der Waals surface area contributed by atoms with Crippen LogP contribution in [0.1, 0.15) is 130 Å². The third-order valence-electron chi connectivity index (χ3n) is 5.46. The molecule has 3 heteroatoms. The lowest BCUT2D eigenvalue weighted by Crippen LogP contribution is -2.15. The van der Waals surface area contributed by atoms with Crippen molar-refractivity contribution in [3.63, 3.8) is 0 Å². The normalized spacial score (nSPS) is 13.5. The molecular weight excluding hydrogens is 336 g/mol. The predicted octanol–water partition coefficient (Wildman–Crippen LogP) is 7.20. The Labute approximate surface area is 169 Å². The molecule has 0 saturated carbocycles. The first kappa shape index (κ1) is 26.4. The molecule has 1 N–H and O–H groups in total. The van der Waals surface area contributed by atoms with E-state index in [1.165, 1.54) is 57.8 Å². The minimum Gasteiger partial charge on any atom is -0.465 e. The molecule has 2 unspecified atom stereocenters. The lowest BCUT2D eigenvalue weighted by atomic mass is 10.0. The summed E-state index contributed by atoms with van der Waals surface area (Å²) in [6.07, 6.45) is 19.7. The maximum absolute atomic E-state index is 11.9. The summed E-state index contributed by atoms with van der Waals surface area (Å²) in [6.45, 7) is 6.96. The average molecular weight is 385 g/mol. The van der Waals surface area contributed by atoms with Crippen molar-refractivity contribution in [1.29, 1.82) is 0 Å². The summed E-state index contributed by atoms with van der Waals surface area (Å²) >= 11 is 0. The van der Waals surface area contributed by atoms with Gasteiger partial charge < -0.3 is 9.84 Å². The fourth-order valence-electron chi connectivity index (χ4n) is 3.45. The number of rotatable bonds is 20. The molecule has 0 bridgehead atoms. The van der Waals surface area contributed by atoms with Gasteiger partial charge in [0.15, 0.2) is 0 Å². The summed E-state index contributed by atoms with van der Waals surface area (Å²) in [4.78, 5) is 11.9. The van der Waals surface area contributed by atoms with Crippen LogP contribution >= 0.6 is 0 Å². The van der Waals surface area contributed by atoms with Gasteiger partial charge >= 0.3 is 5.97 Å². The quantitative estimate of drug-likeness (QED) is 0.178. The van der Waals surface area contributed by atoms with Crippen LogP contribution < -0.4 is 0 Å². The van der Waals surface area contributed by atoms with Crippen molar-refractivity contribution in [3.8, 4) is 0 Å². The van der Waals surface area contributed by atoms with E-state index < -0.39 is 0 Å². The van der Waals surface area contributed by atoms with Gasteiger partial charge in [-0.25, -0.2) is 0 Å². The number of carbonyl (C=O) groups is 1. The van der Waals surface area contributed by atoms with Crippen LogP contribution in [0, 0.1) is 5.92 Å². The van der Waals surface area contributed by atoms with Crippen molar-refractivity contribution in [2.24, 2.45) is 5.92 Å². The number of aliphatic hydroxyl groups is 1. The van der Waals surface area contributed by atoms with E-state index >= 15 is 0 Å². The first-order chi connectivity index (χ1) is 13.1. The number of esters is 1. The van der Waals surface area contributed by atoms with Gasteiger partial charge in [-0.05, 0) is 25.7 Å². The number of hydrogen-bond acceptors (Lipinski definition) is 3. The van der Waals surface area contributed by atoms with Gasteiger partial charge in [0.1, 0.15) is 0 Å². The van der Waals surface area contributed by atoms with Crippen LogP contribution in [0.3, 0.4) is 0 Å². The van der Waals surface area contributed by atoms with Gasteiger partial charge in [0.2, 0.25) is 0 Å². The molecule has 0 amide bonds. The fourth-order valence-corrected chi connectivity index (χ4v) is 3.45. The summed E-state index contributed by atoms with van der Waals surface area (Å²) in [5.74, 6) is 0.0322. The molecule has 0 aromatic carbocycles. The summed E-state index contributed by atoms with van der Waals surface area (Å²) in [6, 6.07) is 0. The third-order valence-corrected chi connectivity index (χ3v) is 5.46. The Hall–Kier alpha value is -0.570. The van der Waals surface area contributed by atoms with Gasteiger partial charge in [-0.2, -0.15) is 0 Å². The average Bonchev–Trinajstić information content (AvgIpc) is 2.66. The van der Waals surface area contributed by atoms with Gasteiger partial charge in [-0.3, -0.25) is 4.79 Å². The van der Waals surface area contributed by atoms with E-state index in [1.807, 2.05) is 6.92 Å². The Bertz CT molecular complexity index is 317. The zero-order valence-electron chi connectivity index (χ0n) is 18.6. The Morgan fingerprint density at radius 3 is 1.70 bits per heavy atom. The van der Waals surface area contributed by atoms with Gasteiger partial charge in [0.25, 0.3) is 0 Å². The highest BCUT2D eigenvalue weighted by Crippen LogP contribution is 2.16. The molecule has 0 aliphatic rings. The van der Waals surface area contributed by atoms with E-state index in [0.29, 0.717) is 6.61 Å². The molecule has 2 atom stereocenters. The molecule has 0 heterocycles. The molecule has 27 heavy (non-hydrogen) atoms. The van der Waals surface area contributed by atoms with E-state index in [9.17, 15) is 9.90 Å². The van der Waals surface area contributed by atoms with Crippen molar-refractivity contribution in [2.75, 3.05) is 6.61 Å². The van der Waals surface area contributed by atoms with E-state index in [0.717, 1.165) is 51.4 Å². The SMILES string of the molecule is CCCCCCC(O)CCCCCCCCCC(C)C(=O)OCCCCC. The number of hydrogen-bond donors (Lipinski definition) is 1. The number of unbranched alkanes of at least 4 members (excludes halogenated alkanes) is 11. The second-order valence-corrected chi connectivity index (χ2v) is 8.33. The monoisotopic (exact) mass is 384 g/mol. The molecule has 0 aromatic heterocycles. The molecule has 0 rings (SSSR count). The first-order valence-corrected chi connectivity index (χ1v) is 12.0. The smallest absolute Gasteiger partial charge is 0.308 e. The van der Waals surface area contributed by atoms with Crippen LogP contribution in [0.2, 0.25) is 0 Å². The third kappa shape index (κ3) is 18.6. The highest BCUT2D eigenvalue weighted by Gasteiger charge is 2.13. The van der Waals surface area contributed by atoms with Crippen LogP contribution in [0.15, 0.2) is 0 Å². The molecule has 0 saturated heterocycles. The molecule has 0 spiro atoms. The Morgan fingerprint density at radius 2 is 1.15 bits per heavy atom. The highest BCUT2D eigenvalue weighted by atomic mass is 16.5. The number of aliphatic hydroxyl groups excluding tert-OH is 1. The van der Waals surface area contributed by atoms with Crippen molar-refractivity contribution < 1.29 is 14.6 Å². The van der Waals surface area contributed by atoms with E-state index in [2.05, 4.69) is 13.8 Å². The Balaban J connectivity index is 3.35. The Kier molecular flexibility index (Phi) is 19.7. The zero-order chi connectivity index (χ0) is 20.2. The van der Waals surface area contributed by atoms with Gasteiger partial charge in [-0.1, -0.05) is 104 Å². The lowest BCUT2D eigenvalue weighted by Gasteiger charge is -2.11. The van der Waals surface area contributed by atoms with Gasteiger partial charge in [0, 0.05) is 0 Å². The Morgan fingerprint density at radius 1 is 0.704 bits per heavy atom. The van der Waals surface area contributed by atoms with Crippen molar-refractivity contribution >= 4 is 5.97 Å². The highest BCUT2D eigenvalue weighted by molar-refractivity contribution is 5.71. The molecule has 0 aliphatic carbocycles. The predicted molar refractivity (Wildman–Crippen MR) is 116 cm³/mol. The van der Waals surface area contributed by atoms with Crippen LogP contribution in [0.5, 0.6) is 0 Å². The number of ether oxygens (including phenoxy) is 1. The minimum atomic E-state index is -0.0786. The van der Waals surface area contributed by atoms with Crippen LogP contribution in [0.25, 0.3) is 0 Å². The summed E-state index contributed by atoms with van der Waals surface area (Å²) in [5, 5.41) is 9.96. The fraction of sp³-hybridized carbons (Fsp3) is 0.958. The maximum atomic E-state index is 11.9. The molecule has 162 valence electrons. The maximum Gasteiger partial charge on any atom is 0.308 e. The minimum absolute atomic E-state index is 0.0145. The van der Waals surface area contributed by atoms with E-state index in [1.54, 1.807) is 0 Å². The standard InChI is InChI=1S/C24H48O3/c1-4-6-8-15-19-23(25)20-16-13-11-9-10-12-14-18-22(3)24(26)27-21-17-7-5-2/h22-23,25H,4-21H2,1-3H3. The van der Waals surface area contributed by atoms with E-state index in [4.69, 9.17) is 4.74 Å². The van der Waals surface area contributed by atoms with Crippen LogP contribution in [0.4, 0.5) is 0 Å². The largest absolute Gasteiger partial charge is 0.465 e. The second kappa shape index (κ2) is 20.2. The van der Waals surface area contributed by atoms with Gasteiger partial charge in [0.05, 0.1) is 18.6 Å². The molecule has 3 nitrogen and oxygen atoms in total. The second-order valence-electron chi connectivity index (χ2n) is 8.33.